The van der Waals surface area contributed by atoms with Crippen molar-refractivity contribution in [3.8, 4) is 0 Å². The molecule has 0 unspecified atom stereocenters. The molecule has 0 bridgehead atoms. The Morgan fingerprint density at radius 2 is 2.00 bits per heavy atom. The van der Waals surface area contributed by atoms with E-state index in [4.69, 9.17) is 9.84 Å². The largest absolute Gasteiger partial charge is 0.395 e. The number of benzene rings is 1. The van der Waals surface area contributed by atoms with Gasteiger partial charge in [-0.3, -0.25) is 4.79 Å². The van der Waals surface area contributed by atoms with Crippen molar-refractivity contribution in [2.45, 2.75) is 20.5 Å². The van der Waals surface area contributed by atoms with Crippen LogP contribution in [-0.4, -0.2) is 30.8 Å². The Kier molecular flexibility index (Phi) is 5.82. The molecular formula is C14H21NO3. The van der Waals surface area contributed by atoms with Gasteiger partial charge in [0.05, 0.1) is 25.2 Å². The lowest BCUT2D eigenvalue weighted by molar-refractivity contribution is -0.131. The van der Waals surface area contributed by atoms with Crippen LogP contribution in [0.3, 0.4) is 0 Å². The molecule has 0 fully saturated rings. The minimum atomic E-state index is -0.737. The van der Waals surface area contributed by atoms with E-state index < -0.39 is 5.41 Å². The molecule has 0 heterocycles. The molecule has 18 heavy (non-hydrogen) atoms. The first-order valence-corrected chi connectivity index (χ1v) is 6.07. The van der Waals surface area contributed by atoms with E-state index in [2.05, 4.69) is 5.32 Å². The first kappa shape index (κ1) is 14.7. The fourth-order valence-corrected chi connectivity index (χ4v) is 1.31. The Morgan fingerprint density at radius 3 is 2.61 bits per heavy atom. The Morgan fingerprint density at radius 1 is 1.33 bits per heavy atom. The second-order valence-corrected chi connectivity index (χ2v) is 4.84. The molecule has 0 radical (unpaired) electrons. The van der Waals surface area contributed by atoms with Gasteiger partial charge in [-0.05, 0) is 19.4 Å². The number of aliphatic hydroxyl groups is 1. The van der Waals surface area contributed by atoms with Crippen LogP contribution in [0, 0.1) is 5.41 Å². The van der Waals surface area contributed by atoms with Crippen LogP contribution in [0.4, 0.5) is 0 Å². The molecule has 0 aliphatic rings. The first-order chi connectivity index (χ1) is 8.56. The number of hydrogen-bond donors (Lipinski definition) is 2. The molecule has 2 N–H and O–H groups in total. The van der Waals surface area contributed by atoms with Gasteiger partial charge in [-0.15, -0.1) is 0 Å². The van der Waals surface area contributed by atoms with Gasteiger partial charge < -0.3 is 15.2 Å². The number of amides is 1. The number of ether oxygens (including phenoxy) is 1. The molecule has 1 amide bonds. The third kappa shape index (κ3) is 4.85. The summed E-state index contributed by atoms with van der Waals surface area (Å²) in [6.45, 7) is 4.70. The second kappa shape index (κ2) is 7.13. The molecule has 4 heteroatoms. The SMILES string of the molecule is CC(C)(CO)C(=O)NCCOCc1ccccc1. The predicted molar refractivity (Wildman–Crippen MR) is 70.0 cm³/mol. The van der Waals surface area contributed by atoms with E-state index in [1.807, 2.05) is 30.3 Å². The molecular weight excluding hydrogens is 230 g/mol. The van der Waals surface area contributed by atoms with Crippen LogP contribution in [0.2, 0.25) is 0 Å². The maximum Gasteiger partial charge on any atom is 0.228 e. The van der Waals surface area contributed by atoms with Crippen molar-refractivity contribution >= 4 is 5.91 Å². The molecule has 0 aliphatic carbocycles. The van der Waals surface area contributed by atoms with Crippen molar-refractivity contribution in [2.75, 3.05) is 19.8 Å². The summed E-state index contributed by atoms with van der Waals surface area (Å²) < 4.78 is 5.44. The minimum Gasteiger partial charge on any atom is -0.395 e. The van der Waals surface area contributed by atoms with E-state index in [0.717, 1.165) is 5.56 Å². The highest BCUT2D eigenvalue weighted by Gasteiger charge is 2.25. The van der Waals surface area contributed by atoms with Gasteiger partial charge in [0.1, 0.15) is 0 Å². The molecule has 0 aromatic heterocycles. The number of aliphatic hydroxyl groups excluding tert-OH is 1. The summed E-state index contributed by atoms with van der Waals surface area (Å²) in [6, 6.07) is 9.87. The lowest BCUT2D eigenvalue weighted by Gasteiger charge is -2.20. The summed E-state index contributed by atoms with van der Waals surface area (Å²) in [5, 5.41) is 11.8. The molecule has 0 saturated heterocycles. The summed E-state index contributed by atoms with van der Waals surface area (Å²) in [7, 11) is 0. The predicted octanol–water partition coefficient (Wildman–Crippen LogP) is 1.34. The Hall–Kier alpha value is -1.39. The summed E-state index contributed by atoms with van der Waals surface area (Å²) in [5.41, 5.74) is 0.374. The Bertz CT molecular complexity index is 363. The monoisotopic (exact) mass is 251 g/mol. The van der Waals surface area contributed by atoms with Crippen molar-refractivity contribution in [2.24, 2.45) is 5.41 Å². The standard InChI is InChI=1S/C14H21NO3/c1-14(2,11-16)13(17)15-8-9-18-10-12-6-4-3-5-7-12/h3-7,16H,8-11H2,1-2H3,(H,15,17). The van der Waals surface area contributed by atoms with E-state index >= 15 is 0 Å². The number of rotatable bonds is 7. The van der Waals surface area contributed by atoms with E-state index in [1.54, 1.807) is 13.8 Å². The van der Waals surface area contributed by atoms with Gasteiger partial charge in [0, 0.05) is 6.54 Å². The minimum absolute atomic E-state index is 0.159. The fourth-order valence-electron chi connectivity index (χ4n) is 1.31. The lowest BCUT2D eigenvalue weighted by atomic mass is 9.94. The highest BCUT2D eigenvalue weighted by molar-refractivity contribution is 5.81. The smallest absolute Gasteiger partial charge is 0.228 e. The zero-order valence-electron chi connectivity index (χ0n) is 11.0. The molecule has 0 saturated carbocycles. The van der Waals surface area contributed by atoms with Crippen LogP contribution >= 0.6 is 0 Å². The van der Waals surface area contributed by atoms with Crippen molar-refractivity contribution in [3.63, 3.8) is 0 Å². The highest BCUT2D eigenvalue weighted by Crippen LogP contribution is 2.12. The van der Waals surface area contributed by atoms with E-state index in [1.165, 1.54) is 0 Å². The van der Waals surface area contributed by atoms with Crippen LogP contribution in [0.1, 0.15) is 19.4 Å². The van der Waals surface area contributed by atoms with E-state index in [9.17, 15) is 4.79 Å². The average Bonchev–Trinajstić information content (AvgIpc) is 2.39. The van der Waals surface area contributed by atoms with Gasteiger partial charge in [0.25, 0.3) is 0 Å². The summed E-state index contributed by atoms with van der Waals surface area (Å²) >= 11 is 0. The summed E-state index contributed by atoms with van der Waals surface area (Å²) in [6.07, 6.45) is 0. The number of nitrogens with one attached hydrogen (secondary N) is 1. The number of carbonyl (C=O) groups is 1. The maximum atomic E-state index is 11.6. The van der Waals surface area contributed by atoms with Gasteiger partial charge >= 0.3 is 0 Å². The van der Waals surface area contributed by atoms with Crippen LogP contribution in [0.5, 0.6) is 0 Å². The van der Waals surface area contributed by atoms with Crippen molar-refractivity contribution in [1.82, 2.24) is 5.32 Å². The molecule has 1 rings (SSSR count). The lowest BCUT2D eigenvalue weighted by Crippen LogP contribution is -2.40. The molecule has 4 nitrogen and oxygen atoms in total. The van der Waals surface area contributed by atoms with Crippen molar-refractivity contribution in [3.05, 3.63) is 35.9 Å². The third-order valence-electron chi connectivity index (χ3n) is 2.65. The van der Waals surface area contributed by atoms with Gasteiger partial charge in [-0.25, -0.2) is 0 Å². The molecule has 1 aromatic carbocycles. The normalized spacial score (nSPS) is 11.3. The zero-order chi connectivity index (χ0) is 13.4. The van der Waals surface area contributed by atoms with Crippen molar-refractivity contribution < 1.29 is 14.6 Å². The number of carbonyl (C=O) groups excluding carboxylic acids is 1. The number of hydrogen-bond acceptors (Lipinski definition) is 3. The highest BCUT2D eigenvalue weighted by atomic mass is 16.5. The maximum absolute atomic E-state index is 11.6. The summed E-state index contributed by atoms with van der Waals surface area (Å²) in [5.74, 6) is -0.159. The van der Waals surface area contributed by atoms with Crippen molar-refractivity contribution in [1.29, 1.82) is 0 Å². The van der Waals surface area contributed by atoms with Gasteiger partial charge in [0.2, 0.25) is 5.91 Å². The molecule has 100 valence electrons. The van der Waals surface area contributed by atoms with E-state index in [0.29, 0.717) is 19.8 Å². The Balaban J connectivity index is 2.14. The quantitative estimate of drug-likeness (QED) is 0.719. The zero-order valence-corrected chi connectivity index (χ0v) is 11.0. The third-order valence-corrected chi connectivity index (χ3v) is 2.65. The molecule has 0 spiro atoms. The fraction of sp³-hybridized carbons (Fsp3) is 0.500. The Labute approximate surface area is 108 Å². The molecule has 1 aromatic rings. The topological polar surface area (TPSA) is 58.6 Å². The van der Waals surface area contributed by atoms with Crippen LogP contribution < -0.4 is 5.32 Å². The van der Waals surface area contributed by atoms with Gasteiger partial charge in [-0.2, -0.15) is 0 Å². The van der Waals surface area contributed by atoms with Crippen LogP contribution in [0.25, 0.3) is 0 Å². The molecule has 0 atom stereocenters. The second-order valence-electron chi connectivity index (χ2n) is 4.84. The first-order valence-electron chi connectivity index (χ1n) is 6.07. The average molecular weight is 251 g/mol. The molecule has 0 aliphatic heterocycles. The van der Waals surface area contributed by atoms with Gasteiger partial charge in [-0.1, -0.05) is 30.3 Å². The van der Waals surface area contributed by atoms with E-state index in [-0.39, 0.29) is 12.5 Å². The van der Waals surface area contributed by atoms with Gasteiger partial charge in [0.15, 0.2) is 0 Å². The van der Waals surface area contributed by atoms with Crippen LogP contribution in [0.15, 0.2) is 30.3 Å². The van der Waals surface area contributed by atoms with Crippen LogP contribution in [-0.2, 0) is 16.1 Å². The summed E-state index contributed by atoms with van der Waals surface area (Å²) in [4.78, 5) is 11.6.